The summed E-state index contributed by atoms with van der Waals surface area (Å²) >= 11 is 0. The van der Waals surface area contributed by atoms with E-state index in [0.29, 0.717) is 0 Å². The second-order valence-corrected chi connectivity index (χ2v) is 8.03. The first-order valence-corrected chi connectivity index (χ1v) is 9.85. The van der Waals surface area contributed by atoms with Crippen LogP contribution in [0.4, 0.5) is 0 Å². The van der Waals surface area contributed by atoms with E-state index in [-0.39, 0.29) is 0 Å². The molecule has 0 aliphatic heterocycles. The smallest absolute Gasteiger partial charge is 0.0270 e. The summed E-state index contributed by atoms with van der Waals surface area (Å²) in [5, 5.41) is 0. The van der Waals surface area contributed by atoms with E-state index in [1.807, 2.05) is 0 Å². The molecule has 0 heterocycles. The standard InChI is InChI=1S/C24H30/c1-16-22-10-4-7-19-13-20-8-5-11-23(16)18(3)24(17(22)2)12-6-9-21(14-19)15-20/h13-15H,4-12H2,1-3H3. The van der Waals surface area contributed by atoms with Crippen molar-refractivity contribution in [1.82, 2.24) is 0 Å². The van der Waals surface area contributed by atoms with Gasteiger partial charge in [-0.25, -0.2) is 0 Å². The van der Waals surface area contributed by atoms with Crippen LogP contribution in [-0.2, 0) is 38.5 Å². The monoisotopic (exact) mass is 318 g/mol. The predicted molar refractivity (Wildman–Crippen MR) is 103 cm³/mol. The molecular formula is C24H30. The maximum Gasteiger partial charge on any atom is -0.0270 e. The van der Waals surface area contributed by atoms with Gasteiger partial charge in [0.25, 0.3) is 0 Å². The number of rotatable bonds is 0. The van der Waals surface area contributed by atoms with Crippen molar-refractivity contribution in [1.29, 1.82) is 0 Å². The van der Waals surface area contributed by atoms with Crippen LogP contribution in [0, 0.1) is 20.8 Å². The average Bonchev–Trinajstić information content (AvgIpc) is 2.55. The summed E-state index contributed by atoms with van der Waals surface area (Å²) in [7, 11) is 0. The van der Waals surface area contributed by atoms with Crippen LogP contribution in [0.5, 0.6) is 0 Å². The third-order valence-corrected chi connectivity index (χ3v) is 6.51. The molecule has 6 bridgehead atoms. The predicted octanol–water partition coefficient (Wildman–Crippen LogP) is 5.76. The molecule has 0 saturated heterocycles. The lowest BCUT2D eigenvalue weighted by Crippen LogP contribution is -2.11. The Morgan fingerprint density at radius 2 is 0.750 bits per heavy atom. The van der Waals surface area contributed by atoms with E-state index in [1.165, 1.54) is 57.8 Å². The summed E-state index contributed by atoms with van der Waals surface area (Å²) in [4.78, 5) is 0. The van der Waals surface area contributed by atoms with Gasteiger partial charge in [-0.15, -0.1) is 0 Å². The van der Waals surface area contributed by atoms with Crippen molar-refractivity contribution >= 4 is 0 Å². The largest absolute Gasteiger partial charge is 0.0558 e. The normalized spacial score (nSPS) is 17.1. The van der Waals surface area contributed by atoms with Crippen molar-refractivity contribution in [3.63, 3.8) is 0 Å². The number of hydrogen-bond donors (Lipinski definition) is 0. The Morgan fingerprint density at radius 3 is 1.04 bits per heavy atom. The quantitative estimate of drug-likeness (QED) is 0.579. The van der Waals surface area contributed by atoms with Crippen LogP contribution >= 0.6 is 0 Å². The van der Waals surface area contributed by atoms with E-state index in [1.54, 1.807) is 50.1 Å². The van der Waals surface area contributed by atoms with Crippen molar-refractivity contribution < 1.29 is 0 Å². The first-order valence-electron chi connectivity index (χ1n) is 9.85. The molecule has 0 saturated carbocycles. The zero-order valence-corrected chi connectivity index (χ0v) is 15.6. The van der Waals surface area contributed by atoms with E-state index >= 15 is 0 Å². The molecule has 0 radical (unpaired) electrons. The van der Waals surface area contributed by atoms with Crippen molar-refractivity contribution in [2.75, 3.05) is 0 Å². The molecule has 2 aromatic carbocycles. The van der Waals surface area contributed by atoms with Crippen LogP contribution in [0.2, 0.25) is 0 Å². The Labute approximate surface area is 147 Å². The summed E-state index contributed by atoms with van der Waals surface area (Å²) in [5.41, 5.74) is 14.6. The van der Waals surface area contributed by atoms with Gasteiger partial charge in [-0.3, -0.25) is 0 Å². The topological polar surface area (TPSA) is 0 Å². The maximum atomic E-state index is 2.49. The van der Waals surface area contributed by atoms with Crippen molar-refractivity contribution in [2.45, 2.75) is 78.6 Å². The Balaban J connectivity index is 1.90. The molecule has 3 aliphatic rings. The molecule has 0 amide bonds. The highest BCUT2D eigenvalue weighted by molar-refractivity contribution is 5.51. The van der Waals surface area contributed by atoms with Gasteiger partial charge >= 0.3 is 0 Å². The lowest BCUT2D eigenvalue weighted by Gasteiger charge is -2.24. The molecule has 24 heavy (non-hydrogen) atoms. The molecule has 3 aliphatic carbocycles. The molecule has 0 nitrogen and oxygen atoms in total. The van der Waals surface area contributed by atoms with Crippen molar-refractivity contribution in [3.05, 3.63) is 68.3 Å². The molecule has 0 aromatic heterocycles. The molecule has 0 heteroatoms. The lowest BCUT2D eigenvalue weighted by atomic mass is 9.81. The SMILES string of the molecule is Cc1c2c(C)c3c(C)c1CCCc1cc(cc(c1)CCC3)CCC2. The molecule has 0 fully saturated rings. The van der Waals surface area contributed by atoms with Crippen LogP contribution in [0.15, 0.2) is 18.2 Å². The summed E-state index contributed by atoms with van der Waals surface area (Å²) < 4.78 is 0. The highest BCUT2D eigenvalue weighted by atomic mass is 14.2. The minimum atomic E-state index is 1.23. The minimum absolute atomic E-state index is 1.23. The van der Waals surface area contributed by atoms with Crippen molar-refractivity contribution in [3.8, 4) is 0 Å². The minimum Gasteiger partial charge on any atom is -0.0558 e. The van der Waals surface area contributed by atoms with E-state index in [0.717, 1.165) is 0 Å². The van der Waals surface area contributed by atoms with Gasteiger partial charge < -0.3 is 0 Å². The second kappa shape index (κ2) is 6.39. The third kappa shape index (κ3) is 2.81. The summed E-state index contributed by atoms with van der Waals surface area (Å²) in [6, 6.07) is 7.47. The third-order valence-electron chi connectivity index (χ3n) is 6.51. The average molecular weight is 319 g/mol. The van der Waals surface area contributed by atoms with Gasteiger partial charge in [0, 0.05) is 0 Å². The van der Waals surface area contributed by atoms with Gasteiger partial charge in [0.15, 0.2) is 0 Å². The molecule has 2 aromatic rings. The second-order valence-electron chi connectivity index (χ2n) is 8.03. The van der Waals surface area contributed by atoms with E-state index in [4.69, 9.17) is 0 Å². The Morgan fingerprint density at radius 1 is 0.458 bits per heavy atom. The Bertz CT molecular complexity index is 641. The van der Waals surface area contributed by atoms with Crippen LogP contribution in [0.25, 0.3) is 0 Å². The fourth-order valence-electron chi connectivity index (χ4n) is 5.20. The number of hydrogen-bond acceptors (Lipinski definition) is 0. The number of aryl methyl sites for hydroxylation is 3. The van der Waals surface area contributed by atoms with Crippen LogP contribution in [0.1, 0.15) is 69.3 Å². The number of benzene rings is 2. The van der Waals surface area contributed by atoms with E-state index in [2.05, 4.69) is 39.0 Å². The highest BCUT2D eigenvalue weighted by Gasteiger charge is 2.18. The van der Waals surface area contributed by atoms with Crippen LogP contribution in [-0.4, -0.2) is 0 Å². The molecular weight excluding hydrogens is 288 g/mol. The zero-order valence-electron chi connectivity index (χ0n) is 15.6. The molecule has 0 unspecified atom stereocenters. The first kappa shape index (κ1) is 15.9. The molecule has 0 spiro atoms. The maximum absolute atomic E-state index is 2.49. The van der Waals surface area contributed by atoms with Gasteiger partial charge in [0.1, 0.15) is 0 Å². The number of fused-ring (bicyclic) bond motifs is 6. The van der Waals surface area contributed by atoms with Crippen LogP contribution in [0.3, 0.4) is 0 Å². The molecule has 126 valence electrons. The molecule has 0 atom stereocenters. The van der Waals surface area contributed by atoms with Crippen molar-refractivity contribution in [2.24, 2.45) is 0 Å². The Hall–Kier alpha value is -1.56. The summed E-state index contributed by atoms with van der Waals surface area (Å²) in [6.45, 7) is 7.18. The Kier molecular flexibility index (Phi) is 4.24. The van der Waals surface area contributed by atoms with Gasteiger partial charge in [-0.2, -0.15) is 0 Å². The van der Waals surface area contributed by atoms with E-state index < -0.39 is 0 Å². The van der Waals surface area contributed by atoms with Gasteiger partial charge in [-0.05, 0) is 129 Å². The van der Waals surface area contributed by atoms with Gasteiger partial charge in [-0.1, -0.05) is 18.2 Å². The fraction of sp³-hybridized carbons (Fsp3) is 0.500. The summed E-state index contributed by atoms with van der Waals surface area (Å²) in [5.74, 6) is 0. The molecule has 5 rings (SSSR count). The fourth-order valence-corrected chi connectivity index (χ4v) is 5.20. The van der Waals surface area contributed by atoms with Crippen LogP contribution < -0.4 is 0 Å². The highest BCUT2D eigenvalue weighted by Crippen LogP contribution is 2.32. The van der Waals surface area contributed by atoms with Gasteiger partial charge in [0.05, 0.1) is 0 Å². The van der Waals surface area contributed by atoms with Gasteiger partial charge in [0.2, 0.25) is 0 Å². The lowest BCUT2D eigenvalue weighted by molar-refractivity contribution is 0.743. The van der Waals surface area contributed by atoms with E-state index in [9.17, 15) is 0 Å². The zero-order chi connectivity index (χ0) is 16.7. The first-order chi connectivity index (χ1) is 11.6. The summed E-state index contributed by atoms with van der Waals surface area (Å²) in [6.07, 6.45) is 11.3. The molecule has 0 N–H and O–H groups in total.